The molecule has 100 valence electrons. The van der Waals surface area contributed by atoms with E-state index in [-0.39, 0.29) is 0 Å². The SMILES string of the molecule is [2H]/C(CCC)=C(/CCC)c1cc(OC)cc(OC)c1[2H]. The van der Waals surface area contributed by atoms with Crippen LogP contribution in [-0.2, 0) is 0 Å². The van der Waals surface area contributed by atoms with Gasteiger partial charge in [-0.15, -0.1) is 0 Å². The Bertz CT molecular complexity index is 482. The van der Waals surface area contributed by atoms with E-state index in [1.165, 1.54) is 0 Å². The largest absolute Gasteiger partial charge is 0.497 e. The maximum Gasteiger partial charge on any atom is 0.123 e. The van der Waals surface area contributed by atoms with Crippen molar-refractivity contribution in [2.45, 2.75) is 39.5 Å². The number of hydrogen-bond donors (Lipinski definition) is 0. The maximum atomic E-state index is 8.25. The number of methoxy groups -OCH3 is 2. The van der Waals surface area contributed by atoms with Crippen LogP contribution >= 0.6 is 0 Å². The molecule has 1 aromatic rings. The van der Waals surface area contributed by atoms with Gasteiger partial charge in [0.25, 0.3) is 0 Å². The number of hydrogen-bond acceptors (Lipinski definition) is 2. The third-order valence-electron chi connectivity index (χ3n) is 2.69. The maximum absolute atomic E-state index is 8.25. The molecule has 1 rings (SSSR count). The molecular formula is C16H24O2. The van der Waals surface area contributed by atoms with Crippen molar-refractivity contribution in [1.82, 2.24) is 0 Å². The number of rotatable bonds is 7. The van der Waals surface area contributed by atoms with E-state index in [1.807, 2.05) is 6.07 Å². The van der Waals surface area contributed by atoms with Crippen molar-refractivity contribution in [3.8, 4) is 11.5 Å². The summed E-state index contributed by atoms with van der Waals surface area (Å²) < 4.78 is 27.0. The second-order valence-corrected chi connectivity index (χ2v) is 4.16. The van der Waals surface area contributed by atoms with Crippen molar-refractivity contribution in [1.29, 1.82) is 0 Å². The Labute approximate surface area is 113 Å². The predicted molar refractivity (Wildman–Crippen MR) is 77.3 cm³/mol. The minimum atomic E-state index is 0.331. The van der Waals surface area contributed by atoms with Crippen molar-refractivity contribution in [3.63, 3.8) is 0 Å². The minimum absolute atomic E-state index is 0.331. The lowest BCUT2D eigenvalue weighted by Crippen LogP contribution is -1.92. The molecule has 1 aromatic carbocycles. The third kappa shape index (κ3) is 4.10. The third-order valence-corrected chi connectivity index (χ3v) is 2.69. The van der Waals surface area contributed by atoms with Crippen molar-refractivity contribution >= 4 is 5.57 Å². The molecule has 0 aliphatic rings. The first-order chi connectivity index (χ1) is 9.58. The highest BCUT2D eigenvalue weighted by Gasteiger charge is 2.06. The lowest BCUT2D eigenvalue weighted by atomic mass is 9.99. The first kappa shape index (κ1) is 11.6. The molecule has 18 heavy (non-hydrogen) atoms. The lowest BCUT2D eigenvalue weighted by molar-refractivity contribution is 0.394. The molecule has 0 N–H and O–H groups in total. The molecule has 0 saturated heterocycles. The molecule has 0 aliphatic carbocycles. The fraction of sp³-hybridized carbons (Fsp3) is 0.500. The van der Waals surface area contributed by atoms with E-state index in [9.17, 15) is 0 Å². The summed E-state index contributed by atoms with van der Waals surface area (Å²) in [7, 11) is 3.15. The zero-order chi connectivity index (χ0) is 15.1. The molecule has 2 nitrogen and oxygen atoms in total. The van der Waals surface area contributed by atoms with Crippen LogP contribution in [0.25, 0.3) is 5.57 Å². The van der Waals surface area contributed by atoms with Gasteiger partial charge in [-0.25, -0.2) is 0 Å². The molecule has 2 heteroatoms. The molecule has 0 atom stereocenters. The first-order valence-electron chi connectivity index (χ1n) is 7.50. The Balaban J connectivity index is 3.42. The zero-order valence-corrected chi connectivity index (χ0v) is 11.8. The predicted octanol–water partition coefficient (Wildman–Crippen LogP) is 4.69. The Morgan fingerprint density at radius 1 is 1.22 bits per heavy atom. The minimum Gasteiger partial charge on any atom is -0.497 e. The topological polar surface area (TPSA) is 18.5 Å². The van der Waals surface area contributed by atoms with E-state index in [2.05, 4.69) is 13.8 Å². The summed E-state index contributed by atoms with van der Waals surface area (Å²) in [6.07, 6.45) is 3.40. The van der Waals surface area contributed by atoms with Gasteiger partial charge < -0.3 is 9.47 Å². The summed E-state index contributed by atoms with van der Waals surface area (Å²) in [5.74, 6) is 1.14. The quantitative estimate of drug-likeness (QED) is 0.699. The second-order valence-electron chi connectivity index (χ2n) is 4.16. The summed E-state index contributed by atoms with van der Waals surface area (Å²) >= 11 is 0. The lowest BCUT2D eigenvalue weighted by Gasteiger charge is -2.11. The highest BCUT2D eigenvalue weighted by atomic mass is 16.5. The van der Waals surface area contributed by atoms with Gasteiger partial charge in [0, 0.05) is 6.07 Å². The highest BCUT2D eigenvalue weighted by molar-refractivity contribution is 5.68. The standard InChI is InChI=1S/C16H24O2/c1-5-7-9-13(8-6-2)14-10-15(17-3)12-16(11-14)18-4/h9-12H,5-8H2,1-4H3/b13-9+/i9D,10D. The molecular weight excluding hydrogens is 224 g/mol. The van der Waals surface area contributed by atoms with E-state index in [0.717, 1.165) is 36.8 Å². The molecule has 0 radical (unpaired) electrons. The van der Waals surface area contributed by atoms with Gasteiger partial charge in [-0.3, -0.25) is 0 Å². The van der Waals surface area contributed by atoms with Gasteiger partial charge >= 0.3 is 0 Å². The second kappa shape index (κ2) is 7.80. The summed E-state index contributed by atoms with van der Waals surface area (Å²) in [6.45, 7) is 4.14. The Kier molecular flexibility index (Phi) is 5.05. The van der Waals surface area contributed by atoms with E-state index in [4.69, 9.17) is 12.2 Å². The van der Waals surface area contributed by atoms with Crippen LogP contribution in [0.3, 0.4) is 0 Å². The van der Waals surface area contributed by atoms with E-state index in [0.29, 0.717) is 23.6 Å². The van der Waals surface area contributed by atoms with Crippen LogP contribution in [0.15, 0.2) is 24.2 Å². The molecule has 0 spiro atoms. The fourth-order valence-corrected chi connectivity index (χ4v) is 1.75. The summed E-state index contributed by atoms with van der Waals surface area (Å²) in [5.41, 5.74) is 1.68. The first-order valence-corrected chi connectivity index (χ1v) is 6.50. The van der Waals surface area contributed by atoms with Gasteiger partial charge in [0.15, 0.2) is 0 Å². The van der Waals surface area contributed by atoms with Crippen molar-refractivity contribution in [2.75, 3.05) is 14.2 Å². The summed E-state index contributed by atoms with van der Waals surface area (Å²) in [6, 6.07) is 4.48. The van der Waals surface area contributed by atoms with Crippen molar-refractivity contribution in [3.05, 3.63) is 29.8 Å². The average molecular weight is 250 g/mol. The van der Waals surface area contributed by atoms with Gasteiger partial charge in [0.2, 0.25) is 0 Å². The Morgan fingerprint density at radius 3 is 2.50 bits per heavy atom. The summed E-state index contributed by atoms with van der Waals surface area (Å²) in [4.78, 5) is 0. The van der Waals surface area contributed by atoms with Crippen molar-refractivity contribution < 1.29 is 12.2 Å². The van der Waals surface area contributed by atoms with E-state index in [1.54, 1.807) is 20.3 Å². The van der Waals surface area contributed by atoms with Crippen LogP contribution in [0.1, 0.15) is 47.8 Å². The zero-order valence-electron chi connectivity index (χ0n) is 13.8. The smallest absolute Gasteiger partial charge is 0.123 e. The van der Waals surface area contributed by atoms with Crippen LogP contribution in [-0.4, -0.2) is 14.2 Å². The van der Waals surface area contributed by atoms with Crippen LogP contribution in [0.4, 0.5) is 0 Å². The highest BCUT2D eigenvalue weighted by Crippen LogP contribution is 2.29. The molecule has 0 unspecified atom stereocenters. The molecule has 0 amide bonds. The molecule has 0 aliphatic heterocycles. The van der Waals surface area contributed by atoms with Gasteiger partial charge in [-0.05, 0) is 36.1 Å². The van der Waals surface area contributed by atoms with Crippen LogP contribution in [0.5, 0.6) is 11.5 Å². The molecule has 0 saturated carbocycles. The van der Waals surface area contributed by atoms with Gasteiger partial charge in [0.1, 0.15) is 11.5 Å². The van der Waals surface area contributed by atoms with Crippen LogP contribution < -0.4 is 9.47 Å². The number of ether oxygens (including phenoxy) is 2. The summed E-state index contributed by atoms with van der Waals surface area (Å²) in [5, 5.41) is 0. The molecule has 0 aromatic heterocycles. The number of benzene rings is 1. The average Bonchev–Trinajstić information content (AvgIpc) is 2.45. The normalized spacial score (nSPS) is 13.6. The van der Waals surface area contributed by atoms with Gasteiger partial charge in [0.05, 0.1) is 17.0 Å². The molecule has 0 heterocycles. The monoisotopic (exact) mass is 250 g/mol. The Morgan fingerprint density at radius 2 is 1.94 bits per heavy atom. The fourth-order valence-electron chi connectivity index (χ4n) is 1.75. The van der Waals surface area contributed by atoms with Crippen LogP contribution in [0.2, 0.25) is 0 Å². The van der Waals surface area contributed by atoms with Crippen molar-refractivity contribution in [2.24, 2.45) is 0 Å². The van der Waals surface area contributed by atoms with E-state index >= 15 is 0 Å². The number of allylic oxidation sites excluding steroid dienone is 2. The van der Waals surface area contributed by atoms with Crippen LogP contribution in [0, 0.1) is 0 Å². The molecule has 0 bridgehead atoms. The van der Waals surface area contributed by atoms with Gasteiger partial charge in [-0.1, -0.05) is 32.7 Å². The molecule has 0 fully saturated rings. The van der Waals surface area contributed by atoms with E-state index < -0.39 is 0 Å². The van der Waals surface area contributed by atoms with Gasteiger partial charge in [-0.2, -0.15) is 0 Å². The Hall–Kier alpha value is -1.44.